The Morgan fingerprint density at radius 3 is 2.17 bits per heavy atom. The van der Waals surface area contributed by atoms with E-state index < -0.39 is 21.7 Å². The van der Waals surface area contributed by atoms with Crippen molar-refractivity contribution in [3.63, 3.8) is 0 Å². The molecule has 40 heavy (non-hydrogen) atoms. The molecule has 0 spiro atoms. The van der Waals surface area contributed by atoms with Gasteiger partial charge < -0.3 is 4.74 Å². The Morgan fingerprint density at radius 1 is 0.925 bits per heavy atom. The van der Waals surface area contributed by atoms with Gasteiger partial charge in [-0.15, -0.1) is 0 Å². The summed E-state index contributed by atoms with van der Waals surface area (Å²) in [5, 5.41) is 3.05. The summed E-state index contributed by atoms with van der Waals surface area (Å²) in [6.07, 6.45) is 0.819. The molecule has 4 rings (SSSR count). The minimum absolute atomic E-state index is 0.0223. The fourth-order valence-corrected chi connectivity index (χ4v) is 4.85. The maximum Gasteiger partial charge on any atom is 0.414 e. The summed E-state index contributed by atoms with van der Waals surface area (Å²) in [5.41, 5.74) is 3.36. The number of nitrogens with zero attached hydrogens (tertiary/aromatic N) is 2. The first kappa shape index (κ1) is 28.8. The number of hydrogen-bond donors (Lipinski definition) is 2. The monoisotopic (exact) mass is 576 g/mol. The molecule has 206 valence electrons. The van der Waals surface area contributed by atoms with Gasteiger partial charge in [-0.25, -0.2) is 22.9 Å². The molecule has 0 saturated heterocycles. The zero-order valence-corrected chi connectivity index (χ0v) is 23.8. The predicted molar refractivity (Wildman–Crippen MR) is 157 cm³/mol. The molecule has 1 amide bonds. The maximum atomic E-state index is 13.0. The van der Waals surface area contributed by atoms with Crippen molar-refractivity contribution in [2.75, 3.05) is 0 Å². The molecule has 2 N–H and O–H groups in total. The normalized spacial score (nSPS) is 12.1. The molecule has 1 aromatic heterocycles. The second kappa shape index (κ2) is 12.3. The van der Waals surface area contributed by atoms with Crippen molar-refractivity contribution in [1.29, 1.82) is 0 Å². The van der Waals surface area contributed by atoms with Gasteiger partial charge in [-0.3, -0.25) is 10.3 Å². The molecular formula is C30H29ClN4O4S. The number of guanidine groups is 1. The summed E-state index contributed by atoms with van der Waals surface area (Å²) < 4.78 is 33.6. The smallest absolute Gasteiger partial charge is 0.414 e. The van der Waals surface area contributed by atoms with Gasteiger partial charge in [0.15, 0.2) is 0 Å². The Labute approximate surface area is 239 Å². The number of hydrogen-bond acceptors (Lipinski definition) is 6. The minimum Gasteiger partial charge on any atom is -0.444 e. The highest BCUT2D eigenvalue weighted by atomic mass is 35.5. The van der Waals surface area contributed by atoms with E-state index in [0.29, 0.717) is 10.6 Å². The van der Waals surface area contributed by atoms with Crippen LogP contribution in [0.1, 0.15) is 26.3 Å². The molecule has 0 unspecified atom stereocenters. The lowest BCUT2D eigenvalue weighted by Gasteiger charge is -2.20. The molecule has 0 aliphatic carbocycles. The van der Waals surface area contributed by atoms with Gasteiger partial charge >= 0.3 is 6.09 Å². The van der Waals surface area contributed by atoms with Gasteiger partial charge in [0.25, 0.3) is 10.0 Å². The van der Waals surface area contributed by atoms with Crippen molar-refractivity contribution in [3.05, 3.63) is 108 Å². The third-order valence-electron chi connectivity index (χ3n) is 5.47. The van der Waals surface area contributed by atoms with E-state index in [1.807, 2.05) is 48.5 Å². The first-order valence-electron chi connectivity index (χ1n) is 12.4. The molecule has 0 atom stereocenters. The van der Waals surface area contributed by atoms with E-state index in [4.69, 9.17) is 21.3 Å². The first-order valence-corrected chi connectivity index (χ1v) is 14.3. The standard InChI is InChI=1S/C30H29ClN4O4S/c1-30(2,3)39-29(36)34-28(35-40(37,38)25-12-8-5-9-13-25)33-20-21-18-26(22-10-6-4-7-11-22)27(32-19-21)23-14-16-24(31)17-15-23/h4-19H,20H2,1-3H3,(H2,33,34,35,36). The number of pyridine rings is 1. The van der Waals surface area contributed by atoms with Crippen LogP contribution in [0.3, 0.4) is 0 Å². The molecule has 0 radical (unpaired) electrons. The predicted octanol–water partition coefficient (Wildman–Crippen LogP) is 6.43. The second-order valence-electron chi connectivity index (χ2n) is 9.82. The molecule has 10 heteroatoms. The van der Waals surface area contributed by atoms with E-state index in [1.165, 1.54) is 12.1 Å². The van der Waals surface area contributed by atoms with E-state index in [0.717, 1.165) is 22.4 Å². The lowest BCUT2D eigenvalue weighted by Crippen LogP contribution is -2.45. The van der Waals surface area contributed by atoms with E-state index in [-0.39, 0.29) is 17.4 Å². The number of amides is 1. The van der Waals surface area contributed by atoms with Crippen LogP contribution < -0.4 is 10.0 Å². The first-order chi connectivity index (χ1) is 19.0. The number of ether oxygens (including phenoxy) is 1. The van der Waals surface area contributed by atoms with Gasteiger partial charge in [-0.1, -0.05) is 72.3 Å². The number of halogens is 1. The molecule has 0 aliphatic rings. The Balaban J connectivity index is 1.68. The molecule has 0 aliphatic heterocycles. The molecule has 0 bridgehead atoms. The highest BCUT2D eigenvalue weighted by Crippen LogP contribution is 2.32. The zero-order chi connectivity index (χ0) is 28.8. The lowest BCUT2D eigenvalue weighted by atomic mass is 9.98. The van der Waals surface area contributed by atoms with Crippen molar-refractivity contribution >= 4 is 33.7 Å². The average Bonchev–Trinajstić information content (AvgIpc) is 2.92. The number of aliphatic imine (C=N–C) groups is 1. The van der Waals surface area contributed by atoms with Crippen LogP contribution in [0.25, 0.3) is 22.4 Å². The zero-order valence-electron chi connectivity index (χ0n) is 22.3. The van der Waals surface area contributed by atoms with Crippen LogP contribution in [0.4, 0.5) is 4.79 Å². The van der Waals surface area contributed by atoms with Crippen LogP contribution in [0.15, 0.2) is 107 Å². The Morgan fingerprint density at radius 2 is 1.55 bits per heavy atom. The Hall–Kier alpha value is -4.21. The van der Waals surface area contributed by atoms with Gasteiger partial charge in [0.2, 0.25) is 5.96 Å². The summed E-state index contributed by atoms with van der Waals surface area (Å²) in [6, 6.07) is 26.9. The summed E-state index contributed by atoms with van der Waals surface area (Å²) in [7, 11) is -4.03. The van der Waals surface area contributed by atoms with Crippen molar-refractivity contribution in [2.24, 2.45) is 4.99 Å². The number of alkyl carbamates (subject to hydrolysis) is 1. The summed E-state index contributed by atoms with van der Waals surface area (Å²) >= 11 is 6.09. The number of benzene rings is 3. The average molecular weight is 577 g/mol. The van der Waals surface area contributed by atoms with Crippen molar-refractivity contribution < 1.29 is 17.9 Å². The minimum atomic E-state index is -4.03. The molecule has 0 fully saturated rings. The maximum absolute atomic E-state index is 13.0. The molecule has 4 aromatic rings. The molecular weight excluding hydrogens is 548 g/mol. The lowest BCUT2D eigenvalue weighted by molar-refractivity contribution is 0.0562. The molecule has 1 heterocycles. The Kier molecular flexibility index (Phi) is 8.86. The highest BCUT2D eigenvalue weighted by Gasteiger charge is 2.21. The quantitative estimate of drug-likeness (QED) is 0.203. The third-order valence-corrected chi connectivity index (χ3v) is 7.08. The van der Waals surface area contributed by atoms with Gasteiger partial charge in [-0.2, -0.15) is 0 Å². The van der Waals surface area contributed by atoms with Crippen LogP contribution in [-0.4, -0.2) is 31.1 Å². The van der Waals surface area contributed by atoms with Crippen molar-refractivity contribution in [3.8, 4) is 22.4 Å². The van der Waals surface area contributed by atoms with E-state index >= 15 is 0 Å². The summed E-state index contributed by atoms with van der Waals surface area (Å²) in [6.45, 7) is 5.14. The number of carbonyl (C=O) groups excluding carboxylic acids is 1. The third kappa shape index (κ3) is 7.91. The van der Waals surface area contributed by atoms with Crippen LogP contribution in [0, 0.1) is 0 Å². The van der Waals surface area contributed by atoms with Gasteiger partial charge in [-0.05, 0) is 62.2 Å². The largest absolute Gasteiger partial charge is 0.444 e. The van der Waals surface area contributed by atoms with Crippen LogP contribution in [0.2, 0.25) is 5.02 Å². The SMILES string of the molecule is CC(C)(C)OC(=O)NC(=NCc1cnc(-c2ccc(Cl)cc2)c(-c2ccccc2)c1)NS(=O)(=O)c1ccccc1. The van der Waals surface area contributed by atoms with Gasteiger partial charge in [0.1, 0.15) is 5.60 Å². The van der Waals surface area contributed by atoms with Crippen molar-refractivity contribution in [2.45, 2.75) is 37.8 Å². The van der Waals surface area contributed by atoms with Crippen LogP contribution in [0.5, 0.6) is 0 Å². The van der Waals surface area contributed by atoms with E-state index in [1.54, 1.807) is 57.3 Å². The number of sulfonamides is 1. The van der Waals surface area contributed by atoms with Gasteiger partial charge in [0.05, 0.1) is 17.1 Å². The fraction of sp³-hybridized carbons (Fsp3) is 0.167. The van der Waals surface area contributed by atoms with Crippen molar-refractivity contribution in [1.82, 2.24) is 15.0 Å². The van der Waals surface area contributed by atoms with E-state index in [2.05, 4.69) is 15.0 Å². The number of aromatic nitrogens is 1. The molecule has 0 saturated carbocycles. The molecule has 8 nitrogen and oxygen atoms in total. The number of carbonyl (C=O) groups is 1. The van der Waals surface area contributed by atoms with Crippen LogP contribution >= 0.6 is 11.6 Å². The highest BCUT2D eigenvalue weighted by molar-refractivity contribution is 7.90. The second-order valence-corrected chi connectivity index (χ2v) is 11.9. The van der Waals surface area contributed by atoms with E-state index in [9.17, 15) is 13.2 Å². The number of nitrogens with one attached hydrogen (secondary N) is 2. The summed E-state index contributed by atoms with van der Waals surface area (Å²) in [5.74, 6) is -0.277. The number of rotatable bonds is 6. The molecule has 3 aromatic carbocycles. The van der Waals surface area contributed by atoms with Crippen LogP contribution in [-0.2, 0) is 21.3 Å². The Bertz CT molecular complexity index is 1600. The topological polar surface area (TPSA) is 110 Å². The fourth-order valence-electron chi connectivity index (χ4n) is 3.72. The van der Waals surface area contributed by atoms with Gasteiger partial charge in [0, 0.05) is 22.3 Å². The summed E-state index contributed by atoms with van der Waals surface area (Å²) in [4.78, 5) is 21.6.